The third-order valence-electron chi connectivity index (χ3n) is 5.67. The molecule has 0 saturated carbocycles. The molecule has 128 valence electrons. The largest absolute Gasteiger partial charge is 0.391 e. The molecule has 4 atom stereocenters. The number of nitrogens with zero attached hydrogens (tertiary/aromatic N) is 3. The van der Waals surface area contributed by atoms with Crippen molar-refractivity contribution in [3.05, 3.63) is 64.9 Å². The molecule has 3 heterocycles. The SMILES string of the molecule is N#CC1(c2cncc(Cl)c2)CC2CC(O)C(C1)N2Cc1ccccc1. The van der Waals surface area contributed by atoms with Gasteiger partial charge in [-0.1, -0.05) is 41.9 Å². The molecule has 2 bridgehead atoms. The zero-order chi connectivity index (χ0) is 17.4. The quantitative estimate of drug-likeness (QED) is 0.919. The molecule has 2 aliphatic rings. The van der Waals surface area contributed by atoms with Crippen LogP contribution in [0, 0.1) is 11.3 Å². The summed E-state index contributed by atoms with van der Waals surface area (Å²) in [7, 11) is 0. The minimum atomic E-state index is -0.627. The van der Waals surface area contributed by atoms with E-state index in [0.29, 0.717) is 17.9 Å². The first kappa shape index (κ1) is 16.5. The highest BCUT2D eigenvalue weighted by atomic mass is 35.5. The maximum atomic E-state index is 10.6. The Morgan fingerprint density at radius 1 is 1.28 bits per heavy atom. The summed E-state index contributed by atoms with van der Waals surface area (Å²) in [6, 6.07) is 14.8. The van der Waals surface area contributed by atoms with Crippen LogP contribution in [0.3, 0.4) is 0 Å². The maximum absolute atomic E-state index is 10.6. The first-order valence-electron chi connectivity index (χ1n) is 8.61. The van der Waals surface area contributed by atoms with Gasteiger partial charge in [-0.15, -0.1) is 0 Å². The van der Waals surface area contributed by atoms with Crippen LogP contribution < -0.4 is 0 Å². The smallest absolute Gasteiger partial charge is 0.0868 e. The molecule has 1 aromatic heterocycles. The van der Waals surface area contributed by atoms with E-state index in [1.807, 2.05) is 24.3 Å². The Kier molecular flexibility index (Phi) is 4.24. The topological polar surface area (TPSA) is 60.1 Å². The Labute approximate surface area is 152 Å². The summed E-state index contributed by atoms with van der Waals surface area (Å²) >= 11 is 6.10. The molecular formula is C20H20ClN3O. The third kappa shape index (κ3) is 2.93. The summed E-state index contributed by atoms with van der Waals surface area (Å²) < 4.78 is 0. The Hall–Kier alpha value is -1.93. The number of halogens is 1. The molecule has 0 amide bonds. The molecule has 0 radical (unpaired) electrons. The highest BCUT2D eigenvalue weighted by molar-refractivity contribution is 6.30. The molecule has 1 N–H and O–H groups in total. The molecule has 5 heteroatoms. The predicted molar refractivity (Wildman–Crippen MR) is 96.0 cm³/mol. The number of piperidine rings is 1. The Morgan fingerprint density at radius 2 is 2.08 bits per heavy atom. The standard InChI is InChI=1S/C20H20ClN3O/c21-16-6-15(10-23-11-16)20(13-22)8-17-7-19(25)18(9-20)24(17)12-14-4-2-1-3-5-14/h1-6,10-11,17-19,25H,7-9,12H2. The number of nitriles is 1. The monoisotopic (exact) mass is 353 g/mol. The number of hydrogen-bond donors (Lipinski definition) is 1. The van der Waals surface area contributed by atoms with Crippen molar-refractivity contribution in [2.24, 2.45) is 0 Å². The predicted octanol–water partition coefficient (Wildman–Crippen LogP) is 3.29. The van der Waals surface area contributed by atoms with E-state index in [4.69, 9.17) is 11.6 Å². The summed E-state index contributed by atoms with van der Waals surface area (Å²) in [4.78, 5) is 6.54. The molecule has 0 spiro atoms. The number of pyridine rings is 1. The van der Waals surface area contributed by atoms with Crippen LogP contribution in [0.2, 0.25) is 5.02 Å². The molecule has 4 unspecified atom stereocenters. The van der Waals surface area contributed by atoms with Gasteiger partial charge in [0.05, 0.1) is 22.6 Å². The third-order valence-corrected chi connectivity index (χ3v) is 5.88. The zero-order valence-electron chi connectivity index (χ0n) is 13.8. The van der Waals surface area contributed by atoms with Crippen LogP contribution in [0.5, 0.6) is 0 Å². The lowest BCUT2D eigenvalue weighted by Gasteiger charge is -2.43. The number of aliphatic hydroxyl groups is 1. The van der Waals surface area contributed by atoms with Gasteiger partial charge in [-0.25, -0.2) is 0 Å². The van der Waals surface area contributed by atoms with Crippen LogP contribution >= 0.6 is 11.6 Å². The summed E-state index contributed by atoms with van der Waals surface area (Å²) in [5, 5.41) is 21.1. The van der Waals surface area contributed by atoms with Crippen LogP contribution in [-0.2, 0) is 12.0 Å². The molecular weight excluding hydrogens is 334 g/mol. The highest BCUT2D eigenvalue weighted by Crippen LogP contribution is 2.47. The number of rotatable bonds is 3. The van der Waals surface area contributed by atoms with E-state index in [9.17, 15) is 10.4 Å². The van der Waals surface area contributed by atoms with Crippen LogP contribution in [0.4, 0.5) is 0 Å². The molecule has 4 nitrogen and oxygen atoms in total. The number of aromatic nitrogens is 1. The van der Waals surface area contributed by atoms with Crippen molar-refractivity contribution < 1.29 is 5.11 Å². The number of fused-ring (bicyclic) bond motifs is 2. The van der Waals surface area contributed by atoms with Crippen LogP contribution in [0.25, 0.3) is 0 Å². The van der Waals surface area contributed by atoms with Crippen LogP contribution in [0.15, 0.2) is 48.8 Å². The normalized spacial score (nSPS) is 31.6. The minimum absolute atomic E-state index is 0.0161. The number of hydrogen-bond acceptors (Lipinski definition) is 4. The molecule has 2 fully saturated rings. The second-order valence-corrected chi connectivity index (χ2v) is 7.61. The number of benzene rings is 1. The van der Waals surface area contributed by atoms with Crippen LogP contribution in [-0.4, -0.2) is 33.2 Å². The Morgan fingerprint density at radius 3 is 2.76 bits per heavy atom. The van der Waals surface area contributed by atoms with Crippen molar-refractivity contribution in [1.82, 2.24) is 9.88 Å². The van der Waals surface area contributed by atoms with Crippen LogP contribution in [0.1, 0.15) is 30.4 Å². The lowest BCUT2D eigenvalue weighted by atomic mass is 9.71. The van der Waals surface area contributed by atoms with Crippen molar-refractivity contribution in [1.29, 1.82) is 5.26 Å². The lowest BCUT2D eigenvalue weighted by molar-refractivity contribution is 0.0560. The molecule has 2 aromatic rings. The summed E-state index contributed by atoms with van der Waals surface area (Å²) in [6.07, 6.45) is 4.96. The van der Waals surface area contributed by atoms with Crippen molar-refractivity contribution in [3.8, 4) is 6.07 Å². The Balaban J connectivity index is 1.64. The average molecular weight is 354 g/mol. The van der Waals surface area contributed by atoms with E-state index in [1.54, 1.807) is 12.4 Å². The fourth-order valence-electron chi connectivity index (χ4n) is 4.47. The van der Waals surface area contributed by atoms with Gasteiger partial charge in [0, 0.05) is 31.0 Å². The van der Waals surface area contributed by atoms with E-state index >= 15 is 0 Å². The van der Waals surface area contributed by atoms with Gasteiger partial charge < -0.3 is 5.11 Å². The molecule has 1 aromatic carbocycles. The van der Waals surface area contributed by atoms with Gasteiger partial charge in [-0.2, -0.15) is 5.26 Å². The van der Waals surface area contributed by atoms with Crippen molar-refractivity contribution >= 4 is 11.6 Å². The van der Waals surface area contributed by atoms with Gasteiger partial charge in [0.2, 0.25) is 0 Å². The van der Waals surface area contributed by atoms with Gasteiger partial charge in [-0.3, -0.25) is 9.88 Å². The minimum Gasteiger partial charge on any atom is -0.391 e. The second kappa shape index (κ2) is 6.42. The van der Waals surface area contributed by atoms with E-state index in [0.717, 1.165) is 18.5 Å². The fraction of sp³-hybridized carbons (Fsp3) is 0.400. The second-order valence-electron chi connectivity index (χ2n) is 7.18. The number of aliphatic hydroxyl groups excluding tert-OH is 1. The maximum Gasteiger partial charge on any atom is 0.0868 e. The van der Waals surface area contributed by atoms with Gasteiger partial charge in [0.1, 0.15) is 0 Å². The van der Waals surface area contributed by atoms with Gasteiger partial charge >= 0.3 is 0 Å². The van der Waals surface area contributed by atoms with Gasteiger partial charge in [-0.05, 0) is 36.5 Å². The first-order chi connectivity index (χ1) is 12.1. The van der Waals surface area contributed by atoms with Gasteiger partial charge in [0.15, 0.2) is 0 Å². The van der Waals surface area contributed by atoms with Gasteiger partial charge in [0.25, 0.3) is 0 Å². The summed E-state index contributed by atoms with van der Waals surface area (Å²) in [5.74, 6) is 0. The highest BCUT2D eigenvalue weighted by Gasteiger charge is 2.53. The molecule has 2 saturated heterocycles. The molecule has 25 heavy (non-hydrogen) atoms. The zero-order valence-corrected chi connectivity index (χ0v) is 14.6. The molecule has 4 rings (SSSR count). The van der Waals surface area contributed by atoms with Crippen molar-refractivity contribution in [2.75, 3.05) is 0 Å². The summed E-state index contributed by atoms with van der Waals surface area (Å²) in [5.41, 5.74) is 1.48. The van der Waals surface area contributed by atoms with Crippen molar-refractivity contribution in [2.45, 2.75) is 49.4 Å². The average Bonchev–Trinajstić information content (AvgIpc) is 2.81. The van der Waals surface area contributed by atoms with E-state index in [-0.39, 0.29) is 12.1 Å². The Bertz CT molecular complexity index is 806. The van der Waals surface area contributed by atoms with Crippen molar-refractivity contribution in [3.63, 3.8) is 0 Å². The first-order valence-corrected chi connectivity index (χ1v) is 8.99. The molecule has 2 aliphatic heterocycles. The van der Waals surface area contributed by atoms with E-state index in [1.165, 1.54) is 5.56 Å². The summed E-state index contributed by atoms with van der Waals surface area (Å²) in [6.45, 7) is 0.808. The molecule has 0 aliphatic carbocycles. The lowest BCUT2D eigenvalue weighted by Crippen LogP contribution is -2.50. The fourth-order valence-corrected chi connectivity index (χ4v) is 4.64. The van der Waals surface area contributed by atoms with E-state index < -0.39 is 11.5 Å². The van der Waals surface area contributed by atoms with E-state index in [2.05, 4.69) is 28.1 Å².